The van der Waals surface area contributed by atoms with Gasteiger partial charge in [0.25, 0.3) is 0 Å². The Hall–Kier alpha value is -1.07. The fraction of sp³-hybridized carbons (Fsp3) is 0.625. The Balaban J connectivity index is 2.32. The summed E-state index contributed by atoms with van der Waals surface area (Å²) in [4.78, 5) is 2.66. The summed E-state index contributed by atoms with van der Waals surface area (Å²) in [7, 11) is -3.20. The first kappa shape index (κ1) is 16.3. The zero-order valence-electron chi connectivity index (χ0n) is 13.0. The number of anilines is 1. The summed E-state index contributed by atoms with van der Waals surface area (Å²) in [5.74, 6) is 0.634. The molecule has 4 nitrogen and oxygen atoms in total. The average molecular weight is 310 g/mol. The van der Waals surface area contributed by atoms with Gasteiger partial charge in [0.1, 0.15) is 0 Å². The number of benzene rings is 1. The number of hydrogen-bond donors (Lipinski definition) is 1. The van der Waals surface area contributed by atoms with Crippen LogP contribution in [0, 0.1) is 5.92 Å². The Kier molecular flexibility index (Phi) is 5.27. The van der Waals surface area contributed by atoms with Gasteiger partial charge in [-0.2, -0.15) is 0 Å². The lowest BCUT2D eigenvalue weighted by atomic mass is 9.92. The van der Waals surface area contributed by atoms with Crippen LogP contribution in [0.2, 0.25) is 0 Å². The molecule has 0 bridgehead atoms. The Morgan fingerprint density at radius 1 is 1.38 bits per heavy atom. The minimum absolute atomic E-state index is 0.146. The van der Waals surface area contributed by atoms with Crippen LogP contribution in [0.4, 0.5) is 5.69 Å². The molecular weight excluding hydrogens is 284 g/mol. The normalized spacial score (nSPS) is 21.3. The average Bonchev–Trinajstić information content (AvgIpc) is 2.47. The molecule has 1 saturated heterocycles. The van der Waals surface area contributed by atoms with Crippen molar-refractivity contribution in [1.29, 1.82) is 0 Å². The number of nitrogens with zero attached hydrogens (tertiary/aromatic N) is 1. The van der Waals surface area contributed by atoms with Crippen molar-refractivity contribution < 1.29 is 8.42 Å². The van der Waals surface area contributed by atoms with E-state index in [1.807, 2.05) is 26.0 Å². The molecule has 1 aromatic carbocycles. The van der Waals surface area contributed by atoms with E-state index < -0.39 is 9.84 Å². The van der Waals surface area contributed by atoms with Crippen LogP contribution < -0.4 is 10.6 Å². The van der Waals surface area contributed by atoms with E-state index in [-0.39, 0.29) is 11.8 Å². The van der Waals surface area contributed by atoms with Crippen LogP contribution in [0.15, 0.2) is 29.2 Å². The highest BCUT2D eigenvalue weighted by Gasteiger charge is 2.26. The van der Waals surface area contributed by atoms with Crippen molar-refractivity contribution in [3.05, 3.63) is 24.3 Å². The first-order valence-corrected chi connectivity index (χ1v) is 9.43. The van der Waals surface area contributed by atoms with E-state index in [0.29, 0.717) is 17.2 Å². The van der Waals surface area contributed by atoms with Crippen molar-refractivity contribution in [2.75, 3.05) is 23.7 Å². The molecule has 0 radical (unpaired) electrons. The van der Waals surface area contributed by atoms with Crippen LogP contribution in [0.25, 0.3) is 0 Å². The number of sulfone groups is 1. The van der Waals surface area contributed by atoms with Gasteiger partial charge >= 0.3 is 0 Å². The zero-order chi connectivity index (χ0) is 15.5. The topological polar surface area (TPSA) is 63.4 Å². The van der Waals surface area contributed by atoms with Gasteiger partial charge in [0, 0.05) is 19.1 Å². The largest absolute Gasteiger partial charge is 0.370 e. The van der Waals surface area contributed by atoms with Gasteiger partial charge in [0.2, 0.25) is 0 Å². The summed E-state index contributed by atoms with van der Waals surface area (Å²) < 4.78 is 24.9. The van der Waals surface area contributed by atoms with Gasteiger partial charge in [-0.05, 0) is 44.2 Å². The van der Waals surface area contributed by atoms with Crippen molar-refractivity contribution >= 4 is 15.5 Å². The fourth-order valence-corrected chi connectivity index (χ4v) is 4.58. The minimum Gasteiger partial charge on any atom is -0.370 e. The number of para-hydroxylation sites is 1. The van der Waals surface area contributed by atoms with Crippen molar-refractivity contribution in [3.63, 3.8) is 0 Å². The molecule has 1 aromatic rings. The lowest BCUT2D eigenvalue weighted by Gasteiger charge is -2.37. The summed E-state index contributed by atoms with van der Waals surface area (Å²) in [5.41, 5.74) is 6.88. The van der Waals surface area contributed by atoms with Gasteiger partial charge in [0.05, 0.1) is 16.3 Å². The molecule has 2 atom stereocenters. The Labute approximate surface area is 128 Å². The molecule has 2 rings (SSSR count). The molecule has 0 saturated carbocycles. The third kappa shape index (κ3) is 3.77. The molecule has 0 aliphatic carbocycles. The maximum absolute atomic E-state index is 12.5. The Morgan fingerprint density at radius 2 is 2.10 bits per heavy atom. The van der Waals surface area contributed by atoms with Crippen LogP contribution in [0.1, 0.15) is 33.1 Å². The third-order valence-electron chi connectivity index (χ3n) is 4.22. The Bertz CT molecular complexity index is 569. The molecule has 0 amide bonds. The van der Waals surface area contributed by atoms with Gasteiger partial charge in [-0.3, -0.25) is 0 Å². The van der Waals surface area contributed by atoms with Crippen LogP contribution in [0.5, 0.6) is 0 Å². The summed E-state index contributed by atoms with van der Waals surface area (Å²) >= 11 is 0. The van der Waals surface area contributed by atoms with Crippen molar-refractivity contribution in [3.8, 4) is 0 Å². The smallest absolute Gasteiger partial charge is 0.180 e. The van der Waals surface area contributed by atoms with Crippen molar-refractivity contribution in [1.82, 2.24) is 0 Å². The minimum atomic E-state index is -3.20. The van der Waals surface area contributed by atoms with Gasteiger partial charge in [-0.25, -0.2) is 8.42 Å². The molecule has 1 heterocycles. The van der Waals surface area contributed by atoms with Crippen molar-refractivity contribution in [2.24, 2.45) is 11.7 Å². The van der Waals surface area contributed by atoms with E-state index in [1.54, 1.807) is 12.1 Å². The van der Waals surface area contributed by atoms with E-state index in [4.69, 9.17) is 5.73 Å². The van der Waals surface area contributed by atoms with Gasteiger partial charge in [-0.1, -0.05) is 19.1 Å². The van der Waals surface area contributed by atoms with Crippen LogP contribution >= 0.6 is 0 Å². The quantitative estimate of drug-likeness (QED) is 0.907. The zero-order valence-corrected chi connectivity index (χ0v) is 13.8. The highest BCUT2D eigenvalue weighted by Crippen LogP contribution is 2.30. The van der Waals surface area contributed by atoms with Crippen LogP contribution in [0.3, 0.4) is 0 Å². The van der Waals surface area contributed by atoms with Crippen molar-refractivity contribution in [2.45, 2.75) is 44.0 Å². The van der Waals surface area contributed by atoms with E-state index in [9.17, 15) is 8.42 Å². The number of piperidine rings is 1. The predicted molar refractivity (Wildman–Crippen MR) is 87.4 cm³/mol. The standard InChI is InChI=1S/C16H26N2O2S/c1-3-11-21(19,20)16-9-5-4-8-15(16)18-10-6-7-14(12-18)13(2)17/h4-5,8-9,13-14H,3,6-7,10-12,17H2,1-2H3. The summed E-state index contributed by atoms with van der Waals surface area (Å²) in [5, 5.41) is 0. The Morgan fingerprint density at radius 3 is 2.76 bits per heavy atom. The SMILES string of the molecule is CCCS(=O)(=O)c1ccccc1N1CCCC(C(C)N)C1. The first-order valence-electron chi connectivity index (χ1n) is 7.78. The molecule has 5 heteroatoms. The third-order valence-corrected chi connectivity index (χ3v) is 6.18. The molecule has 2 N–H and O–H groups in total. The maximum Gasteiger partial charge on any atom is 0.180 e. The van der Waals surface area contributed by atoms with E-state index in [0.717, 1.165) is 31.6 Å². The second-order valence-electron chi connectivity index (χ2n) is 5.99. The van der Waals surface area contributed by atoms with E-state index in [2.05, 4.69) is 4.90 Å². The molecule has 118 valence electrons. The van der Waals surface area contributed by atoms with E-state index >= 15 is 0 Å². The maximum atomic E-state index is 12.5. The monoisotopic (exact) mass is 310 g/mol. The second kappa shape index (κ2) is 6.79. The predicted octanol–water partition coefficient (Wildman–Crippen LogP) is 2.43. The fourth-order valence-electron chi connectivity index (χ4n) is 3.02. The summed E-state index contributed by atoms with van der Waals surface area (Å²) in [6.07, 6.45) is 2.82. The number of hydrogen-bond acceptors (Lipinski definition) is 4. The highest BCUT2D eigenvalue weighted by atomic mass is 32.2. The summed E-state index contributed by atoms with van der Waals surface area (Å²) in [6, 6.07) is 7.52. The molecular formula is C16H26N2O2S. The molecule has 2 unspecified atom stereocenters. The molecule has 0 aromatic heterocycles. The van der Waals surface area contributed by atoms with Gasteiger partial charge in [0.15, 0.2) is 9.84 Å². The molecule has 1 aliphatic heterocycles. The number of nitrogens with two attached hydrogens (primary N) is 1. The summed E-state index contributed by atoms with van der Waals surface area (Å²) in [6.45, 7) is 5.68. The van der Waals surface area contributed by atoms with Crippen LogP contribution in [-0.2, 0) is 9.84 Å². The lowest BCUT2D eigenvalue weighted by molar-refractivity contribution is 0.363. The van der Waals surface area contributed by atoms with Crippen LogP contribution in [-0.4, -0.2) is 33.3 Å². The molecule has 1 fully saturated rings. The lowest BCUT2D eigenvalue weighted by Crippen LogP contribution is -2.42. The first-order chi connectivity index (χ1) is 9.95. The van der Waals surface area contributed by atoms with Gasteiger partial charge in [-0.15, -0.1) is 0 Å². The molecule has 1 aliphatic rings. The van der Waals surface area contributed by atoms with Gasteiger partial charge < -0.3 is 10.6 Å². The molecule has 0 spiro atoms. The second-order valence-corrected chi connectivity index (χ2v) is 8.07. The highest BCUT2D eigenvalue weighted by molar-refractivity contribution is 7.91. The van der Waals surface area contributed by atoms with E-state index in [1.165, 1.54) is 0 Å². The molecule has 21 heavy (non-hydrogen) atoms. The number of rotatable bonds is 5.